The van der Waals surface area contributed by atoms with E-state index in [1.54, 1.807) is 11.3 Å². The van der Waals surface area contributed by atoms with E-state index in [0.29, 0.717) is 11.7 Å². The first-order chi connectivity index (χ1) is 12.3. The Kier molecular flexibility index (Phi) is 8.55. The molecular weight excluding hydrogens is 401 g/mol. The van der Waals surface area contributed by atoms with E-state index in [4.69, 9.17) is 0 Å². The van der Waals surface area contributed by atoms with Gasteiger partial charge >= 0.3 is 0 Å². The Morgan fingerprint density at radius 1 is 1.11 bits per heavy atom. The van der Waals surface area contributed by atoms with Crippen LogP contribution >= 0.6 is 36.2 Å². The predicted octanol–water partition coefficient (Wildman–Crippen LogP) is 4.18. The number of nitrogens with one attached hydrogen (secondary N) is 1. The highest BCUT2D eigenvalue weighted by atomic mass is 35.5. The fourth-order valence-electron chi connectivity index (χ4n) is 3.36. The number of rotatable bonds is 6. The van der Waals surface area contributed by atoms with Gasteiger partial charge in [-0.25, -0.2) is 4.98 Å². The topological polar surface area (TPSA) is 45.2 Å². The summed E-state index contributed by atoms with van der Waals surface area (Å²) in [6, 6.07) is 10.9. The second kappa shape index (κ2) is 10.4. The van der Waals surface area contributed by atoms with E-state index in [1.807, 2.05) is 28.5 Å². The van der Waals surface area contributed by atoms with Crippen molar-refractivity contribution < 1.29 is 4.79 Å². The summed E-state index contributed by atoms with van der Waals surface area (Å²) in [5, 5.41) is 6.59. The molecule has 1 N–H and O–H groups in total. The molecule has 2 aromatic rings. The maximum atomic E-state index is 12.7. The van der Waals surface area contributed by atoms with Gasteiger partial charge in [-0.05, 0) is 43.7 Å². The monoisotopic (exact) mass is 427 g/mol. The molecule has 1 aliphatic heterocycles. The second-order valence-corrected chi connectivity index (χ2v) is 8.15. The number of carbonyl (C=O) groups excluding carboxylic acids is 1. The van der Waals surface area contributed by atoms with E-state index in [0.717, 1.165) is 49.8 Å². The Morgan fingerprint density at radius 2 is 1.81 bits per heavy atom. The molecule has 4 nitrogen and oxygen atoms in total. The third-order valence-electron chi connectivity index (χ3n) is 5.14. The normalized spacial score (nSPS) is 17.1. The van der Waals surface area contributed by atoms with E-state index < -0.39 is 0 Å². The van der Waals surface area contributed by atoms with Crippen LogP contribution in [-0.2, 0) is 6.42 Å². The zero-order chi connectivity index (χ0) is 17.1. The van der Waals surface area contributed by atoms with Crippen molar-refractivity contribution >= 4 is 42.1 Å². The van der Waals surface area contributed by atoms with Crippen LogP contribution in [-0.4, -0.2) is 41.5 Å². The molecule has 4 rings (SSSR count). The number of piperidine rings is 1. The van der Waals surface area contributed by atoms with Gasteiger partial charge in [0.15, 0.2) is 0 Å². The van der Waals surface area contributed by atoms with Crippen LogP contribution in [0.4, 0.5) is 0 Å². The number of thiazole rings is 1. The minimum atomic E-state index is 0. The Labute approximate surface area is 177 Å². The van der Waals surface area contributed by atoms with Crippen LogP contribution in [0.15, 0.2) is 35.7 Å². The van der Waals surface area contributed by atoms with Crippen molar-refractivity contribution in [2.75, 3.05) is 19.6 Å². The van der Waals surface area contributed by atoms with Crippen molar-refractivity contribution in [2.45, 2.75) is 38.1 Å². The molecule has 2 fully saturated rings. The van der Waals surface area contributed by atoms with Gasteiger partial charge in [0.25, 0.3) is 5.91 Å². The molecule has 1 aliphatic carbocycles. The van der Waals surface area contributed by atoms with Crippen LogP contribution in [0.25, 0.3) is 0 Å². The van der Waals surface area contributed by atoms with Gasteiger partial charge in [-0.2, -0.15) is 0 Å². The van der Waals surface area contributed by atoms with Gasteiger partial charge in [-0.1, -0.05) is 30.3 Å². The molecule has 1 aromatic heterocycles. The Balaban J connectivity index is 0.00000131. The molecule has 0 bridgehead atoms. The van der Waals surface area contributed by atoms with E-state index in [1.165, 1.54) is 18.4 Å². The molecule has 27 heavy (non-hydrogen) atoms. The maximum Gasteiger partial charge on any atom is 0.273 e. The van der Waals surface area contributed by atoms with Crippen molar-refractivity contribution in [3.63, 3.8) is 0 Å². The first kappa shape index (κ1) is 22.2. The summed E-state index contributed by atoms with van der Waals surface area (Å²) in [6.45, 7) is 2.84. The highest BCUT2D eigenvalue weighted by Crippen LogP contribution is 2.28. The van der Waals surface area contributed by atoms with Crippen molar-refractivity contribution in [2.24, 2.45) is 5.92 Å². The summed E-state index contributed by atoms with van der Waals surface area (Å²) in [6.07, 6.45) is 5.68. The quantitative estimate of drug-likeness (QED) is 0.751. The first-order valence-electron chi connectivity index (χ1n) is 9.29. The lowest BCUT2D eigenvalue weighted by Gasteiger charge is -2.32. The zero-order valence-electron chi connectivity index (χ0n) is 15.3. The lowest BCUT2D eigenvalue weighted by molar-refractivity contribution is 0.0699. The van der Waals surface area contributed by atoms with Gasteiger partial charge in [0.05, 0.1) is 5.01 Å². The second-order valence-electron chi connectivity index (χ2n) is 7.21. The molecule has 1 amide bonds. The van der Waals surface area contributed by atoms with Gasteiger partial charge in [0.1, 0.15) is 5.69 Å². The molecule has 148 valence electrons. The van der Waals surface area contributed by atoms with Crippen molar-refractivity contribution in [1.82, 2.24) is 15.2 Å². The van der Waals surface area contributed by atoms with E-state index in [2.05, 4.69) is 22.4 Å². The minimum absolute atomic E-state index is 0. The fraction of sp³-hybridized carbons (Fsp3) is 0.500. The smallest absolute Gasteiger partial charge is 0.273 e. The molecule has 0 radical (unpaired) electrons. The van der Waals surface area contributed by atoms with E-state index in [-0.39, 0.29) is 30.7 Å². The third kappa shape index (κ3) is 6.18. The number of nitrogens with zero attached hydrogens (tertiary/aromatic N) is 2. The number of hydrogen-bond acceptors (Lipinski definition) is 4. The number of amides is 1. The number of benzene rings is 1. The molecule has 1 saturated carbocycles. The predicted molar refractivity (Wildman–Crippen MR) is 116 cm³/mol. The molecule has 0 spiro atoms. The zero-order valence-corrected chi connectivity index (χ0v) is 17.8. The summed E-state index contributed by atoms with van der Waals surface area (Å²) in [7, 11) is 0. The molecule has 0 unspecified atom stereocenters. The Morgan fingerprint density at radius 3 is 2.48 bits per heavy atom. The lowest BCUT2D eigenvalue weighted by atomic mass is 10.0. The number of carbonyl (C=O) groups is 1. The van der Waals surface area contributed by atoms with Crippen molar-refractivity contribution in [3.05, 3.63) is 52.0 Å². The molecule has 1 saturated heterocycles. The summed E-state index contributed by atoms with van der Waals surface area (Å²) in [5.74, 6) is 1.01. The first-order valence-corrected chi connectivity index (χ1v) is 10.2. The molecule has 2 aliphatic rings. The molecule has 2 heterocycles. The standard InChI is InChI=1S/C20H25N3OS.2ClH/c24-20(23-10-8-17(9-11-23)21-13-16-6-7-16)18-14-25-19(22-18)12-15-4-2-1-3-5-15;;/h1-5,14,16-17,21H,6-13H2;2*1H. The SMILES string of the molecule is Cl.Cl.O=C(c1csc(Cc2ccccc2)n1)N1CCC(NCC2CC2)CC1. The number of hydrogen-bond donors (Lipinski definition) is 1. The highest BCUT2D eigenvalue weighted by Gasteiger charge is 2.27. The summed E-state index contributed by atoms with van der Waals surface area (Å²) >= 11 is 1.58. The minimum Gasteiger partial charge on any atom is -0.337 e. The molecule has 7 heteroatoms. The Hall–Kier alpha value is -1.14. The van der Waals surface area contributed by atoms with Crippen LogP contribution in [0.2, 0.25) is 0 Å². The number of halogens is 2. The van der Waals surface area contributed by atoms with Gasteiger partial charge in [-0.15, -0.1) is 36.2 Å². The van der Waals surface area contributed by atoms with Gasteiger partial charge in [-0.3, -0.25) is 4.79 Å². The average Bonchev–Trinajstić information content (AvgIpc) is 3.38. The summed E-state index contributed by atoms with van der Waals surface area (Å²) < 4.78 is 0. The number of likely N-dealkylation sites (tertiary alicyclic amines) is 1. The Bertz CT molecular complexity index is 713. The van der Waals surface area contributed by atoms with Crippen LogP contribution < -0.4 is 5.32 Å². The fourth-order valence-corrected chi connectivity index (χ4v) is 4.17. The average molecular weight is 428 g/mol. The highest BCUT2D eigenvalue weighted by molar-refractivity contribution is 7.09. The van der Waals surface area contributed by atoms with Gasteiger partial charge in [0.2, 0.25) is 0 Å². The maximum absolute atomic E-state index is 12.7. The number of aromatic nitrogens is 1. The summed E-state index contributed by atoms with van der Waals surface area (Å²) in [4.78, 5) is 19.2. The van der Waals surface area contributed by atoms with Crippen LogP contribution in [0.3, 0.4) is 0 Å². The molecular formula is C20H27Cl2N3OS. The van der Waals surface area contributed by atoms with E-state index in [9.17, 15) is 4.79 Å². The van der Waals surface area contributed by atoms with Gasteiger partial charge < -0.3 is 10.2 Å². The lowest BCUT2D eigenvalue weighted by Crippen LogP contribution is -2.45. The van der Waals surface area contributed by atoms with Crippen molar-refractivity contribution in [1.29, 1.82) is 0 Å². The van der Waals surface area contributed by atoms with E-state index >= 15 is 0 Å². The van der Waals surface area contributed by atoms with Crippen molar-refractivity contribution in [3.8, 4) is 0 Å². The van der Waals surface area contributed by atoms with Gasteiger partial charge in [0, 0.05) is 30.9 Å². The summed E-state index contributed by atoms with van der Waals surface area (Å²) in [5.41, 5.74) is 1.85. The largest absolute Gasteiger partial charge is 0.337 e. The third-order valence-corrected chi connectivity index (χ3v) is 5.99. The van der Waals surface area contributed by atoms with Crippen LogP contribution in [0.5, 0.6) is 0 Å². The van der Waals surface area contributed by atoms with Crippen LogP contribution in [0.1, 0.15) is 46.7 Å². The van der Waals surface area contributed by atoms with Crippen LogP contribution in [0, 0.1) is 5.92 Å². The molecule has 1 aromatic carbocycles. The molecule has 0 atom stereocenters.